The maximum atomic E-state index is 0. The van der Waals surface area contributed by atoms with Gasteiger partial charge in [-0.05, 0) is 0 Å². The van der Waals surface area contributed by atoms with Gasteiger partial charge in [-0.1, -0.05) is 0 Å². The van der Waals surface area contributed by atoms with Gasteiger partial charge in [-0.15, -0.1) is 0 Å². The van der Waals surface area contributed by atoms with Gasteiger partial charge in [-0.2, -0.15) is 0 Å². The molecule has 0 spiro atoms. The molecule has 0 saturated heterocycles. The summed E-state index contributed by atoms with van der Waals surface area (Å²) >= 11 is 0. The van der Waals surface area contributed by atoms with Crippen LogP contribution in [0.5, 0.6) is 0 Å². The van der Waals surface area contributed by atoms with Crippen molar-refractivity contribution in [3.8, 4) is 0 Å². The van der Waals surface area contributed by atoms with E-state index in [1.165, 1.54) is 0 Å². The van der Waals surface area contributed by atoms with E-state index in [-0.39, 0.29) is 67.7 Å². The van der Waals surface area contributed by atoms with E-state index in [0.717, 1.165) is 0 Å². The second-order valence-corrected chi connectivity index (χ2v) is 0. The standard InChI is InChI=1S/2Co.2Fe. The molecular weight excluding hydrogens is 230 g/mol. The normalized spacial score (nSPS) is 0. The zero-order chi connectivity index (χ0) is 0. The summed E-state index contributed by atoms with van der Waals surface area (Å²) < 4.78 is 0. The fourth-order valence-electron chi connectivity index (χ4n) is 0. The molecule has 0 amide bonds. The summed E-state index contributed by atoms with van der Waals surface area (Å²) in [6, 6.07) is 0. The second kappa shape index (κ2) is 19.7. The van der Waals surface area contributed by atoms with E-state index >= 15 is 0 Å². The van der Waals surface area contributed by atoms with Gasteiger partial charge in [0.05, 0.1) is 0 Å². The third-order valence-electron chi connectivity index (χ3n) is 0. The first-order valence-electron chi connectivity index (χ1n) is 0. The monoisotopic (exact) mass is 230 g/mol. The van der Waals surface area contributed by atoms with Crippen molar-refractivity contribution in [2.24, 2.45) is 0 Å². The molecule has 0 fully saturated rings. The summed E-state index contributed by atoms with van der Waals surface area (Å²) in [6.45, 7) is 0. The summed E-state index contributed by atoms with van der Waals surface area (Å²) in [5.41, 5.74) is 0. The molecule has 0 aliphatic carbocycles. The molecule has 0 bridgehead atoms. The van der Waals surface area contributed by atoms with Crippen molar-refractivity contribution in [2.45, 2.75) is 0 Å². The molecule has 0 aromatic rings. The van der Waals surface area contributed by atoms with Gasteiger partial charge < -0.3 is 0 Å². The zero-order valence-electron chi connectivity index (χ0n) is 1.37. The van der Waals surface area contributed by atoms with Gasteiger partial charge >= 0.3 is 0 Å². The molecule has 0 nitrogen and oxygen atoms in total. The van der Waals surface area contributed by atoms with E-state index in [2.05, 4.69) is 0 Å². The van der Waals surface area contributed by atoms with Gasteiger partial charge in [-0.3, -0.25) is 0 Å². The summed E-state index contributed by atoms with van der Waals surface area (Å²) in [5, 5.41) is 0. The number of hydrogen-bond donors (Lipinski definition) is 0. The summed E-state index contributed by atoms with van der Waals surface area (Å²) in [6.07, 6.45) is 0. The molecule has 0 aliphatic rings. The topological polar surface area (TPSA) is 0 Å². The Hall–Kier alpha value is 2.05. The fourth-order valence-corrected chi connectivity index (χ4v) is 0. The first-order chi connectivity index (χ1) is 0. The Kier molecular flexibility index (Phi) is 181. The van der Waals surface area contributed by atoms with Crippen LogP contribution in [0.15, 0.2) is 0 Å². The van der Waals surface area contributed by atoms with Crippen molar-refractivity contribution < 1.29 is 67.7 Å². The van der Waals surface area contributed by atoms with Gasteiger partial charge in [-0.25, -0.2) is 0 Å². The van der Waals surface area contributed by atoms with Crippen LogP contribution in [0.3, 0.4) is 0 Å². The third kappa shape index (κ3) is 8.96. The first-order valence-corrected chi connectivity index (χ1v) is 0. The van der Waals surface area contributed by atoms with Crippen molar-refractivity contribution >= 4 is 0 Å². The Balaban J connectivity index is 0. The molecule has 0 aromatic heterocycles. The van der Waals surface area contributed by atoms with Crippen molar-refractivity contribution in [3.63, 3.8) is 0 Å². The maximum Gasteiger partial charge on any atom is 0 e. The largest absolute Gasteiger partial charge is 0 e. The van der Waals surface area contributed by atoms with Gasteiger partial charge in [0, 0.05) is 67.7 Å². The van der Waals surface area contributed by atoms with Gasteiger partial charge in [0.1, 0.15) is 0 Å². The van der Waals surface area contributed by atoms with Gasteiger partial charge in [0.25, 0.3) is 0 Å². The molecule has 0 heterocycles. The van der Waals surface area contributed by atoms with Gasteiger partial charge in [0.2, 0.25) is 0 Å². The van der Waals surface area contributed by atoms with Crippen molar-refractivity contribution in [1.82, 2.24) is 0 Å². The maximum absolute atomic E-state index is 0. The van der Waals surface area contributed by atoms with E-state index in [0.29, 0.717) is 0 Å². The second-order valence-electron chi connectivity index (χ2n) is 0. The molecule has 0 atom stereocenters. The Labute approximate surface area is 67.2 Å². The Morgan fingerprint density at radius 1 is 0.500 bits per heavy atom. The van der Waals surface area contributed by atoms with Crippen LogP contribution in [0.2, 0.25) is 0 Å². The van der Waals surface area contributed by atoms with Crippen LogP contribution in [0, 0.1) is 0 Å². The van der Waals surface area contributed by atoms with Crippen LogP contribution in [0.25, 0.3) is 0 Å². The molecule has 34 valence electrons. The zero-order valence-corrected chi connectivity index (χ0v) is 5.66. The Morgan fingerprint density at radius 3 is 0.500 bits per heavy atom. The smallest absolute Gasteiger partial charge is 0 e. The Morgan fingerprint density at radius 2 is 0.500 bits per heavy atom. The minimum atomic E-state index is 0. The first kappa shape index (κ1) is 36.7. The molecule has 4 heavy (non-hydrogen) atoms. The van der Waals surface area contributed by atoms with Crippen LogP contribution < -0.4 is 0 Å². The number of rotatable bonds is 0. The Bertz CT molecular complexity index is 4.00. The fraction of sp³-hybridized carbons (Fsp3) is 0. The van der Waals surface area contributed by atoms with Gasteiger partial charge in [0.15, 0.2) is 0 Å². The SMILES string of the molecule is [Co].[Co].[Fe].[Fe]. The predicted molar refractivity (Wildman–Crippen MR) is 0 cm³/mol. The predicted octanol–water partition coefficient (Wildman–Crippen LogP) is -0.0100. The van der Waals surface area contributed by atoms with Crippen molar-refractivity contribution in [2.75, 3.05) is 0 Å². The van der Waals surface area contributed by atoms with Crippen LogP contribution >= 0.6 is 0 Å². The van der Waals surface area contributed by atoms with Crippen LogP contribution in [0.4, 0.5) is 0 Å². The molecule has 0 aliphatic heterocycles. The molecule has 0 unspecified atom stereocenters. The average Bonchev–Trinajstić information content (AvgIpc) is 0. The van der Waals surface area contributed by atoms with Crippen molar-refractivity contribution in [3.05, 3.63) is 0 Å². The van der Waals surface area contributed by atoms with E-state index in [9.17, 15) is 0 Å². The quantitative estimate of drug-likeness (QED) is 0.513. The minimum Gasteiger partial charge on any atom is 0 e. The van der Waals surface area contributed by atoms with Crippen LogP contribution in [-0.2, 0) is 67.7 Å². The minimum absolute atomic E-state index is 0. The molecule has 0 saturated carbocycles. The molecule has 2 radical (unpaired) electrons. The molecule has 0 N–H and O–H groups in total. The number of hydrogen-bond acceptors (Lipinski definition) is 0. The molecule has 4 heteroatoms. The van der Waals surface area contributed by atoms with E-state index in [1.54, 1.807) is 0 Å². The molecular formula is Co2Fe2. The summed E-state index contributed by atoms with van der Waals surface area (Å²) in [5.74, 6) is 0. The van der Waals surface area contributed by atoms with E-state index < -0.39 is 0 Å². The summed E-state index contributed by atoms with van der Waals surface area (Å²) in [7, 11) is 0. The van der Waals surface area contributed by atoms with E-state index in [1.807, 2.05) is 0 Å². The van der Waals surface area contributed by atoms with Crippen molar-refractivity contribution in [1.29, 1.82) is 0 Å². The third-order valence-corrected chi connectivity index (χ3v) is 0. The van der Waals surface area contributed by atoms with Crippen LogP contribution in [-0.4, -0.2) is 0 Å². The average molecular weight is 230 g/mol. The summed E-state index contributed by atoms with van der Waals surface area (Å²) in [4.78, 5) is 0. The molecule has 0 aromatic carbocycles. The van der Waals surface area contributed by atoms with E-state index in [4.69, 9.17) is 0 Å². The van der Waals surface area contributed by atoms with Crippen LogP contribution in [0.1, 0.15) is 0 Å². The molecule has 0 rings (SSSR count).